The van der Waals surface area contributed by atoms with Crippen molar-refractivity contribution in [1.29, 1.82) is 0 Å². The Labute approximate surface area is 80.5 Å². The Morgan fingerprint density at radius 2 is 2.00 bits per heavy atom. The zero-order valence-electron chi connectivity index (χ0n) is 7.10. The van der Waals surface area contributed by atoms with E-state index in [9.17, 15) is 8.78 Å². The first kappa shape index (κ1) is 10.4. The third kappa shape index (κ3) is 2.39. The quantitative estimate of drug-likeness (QED) is 0.790. The minimum atomic E-state index is -2.58. The summed E-state index contributed by atoms with van der Waals surface area (Å²) in [6.45, 7) is 1.80. The number of rotatable bonds is 2. The molecule has 0 saturated carbocycles. The summed E-state index contributed by atoms with van der Waals surface area (Å²) in [5.74, 6) is 0. The van der Waals surface area contributed by atoms with Crippen molar-refractivity contribution in [3.8, 4) is 0 Å². The van der Waals surface area contributed by atoms with Gasteiger partial charge in [0.2, 0.25) is 0 Å². The molecule has 0 heterocycles. The molecule has 0 radical (unpaired) electrons. The fourth-order valence-corrected chi connectivity index (χ4v) is 1.30. The summed E-state index contributed by atoms with van der Waals surface area (Å²) in [5.41, 5.74) is 6.45. The number of hydrogen-bond acceptors (Lipinski definition) is 1. The van der Waals surface area contributed by atoms with Gasteiger partial charge in [-0.05, 0) is 18.6 Å². The zero-order chi connectivity index (χ0) is 10.0. The Balaban J connectivity index is 3.05. The smallest absolute Gasteiger partial charge is 0.257 e. The number of aryl methyl sites for hydroxylation is 1. The lowest BCUT2D eigenvalue weighted by atomic mass is 10.1. The number of nitrogens with two attached hydrogens (primary N) is 1. The molecule has 13 heavy (non-hydrogen) atoms. The van der Waals surface area contributed by atoms with Crippen LogP contribution in [0.2, 0.25) is 5.02 Å². The van der Waals surface area contributed by atoms with E-state index in [1.807, 2.05) is 0 Å². The van der Waals surface area contributed by atoms with Crippen LogP contribution in [0, 0.1) is 6.92 Å². The molecule has 0 bridgehead atoms. The van der Waals surface area contributed by atoms with Crippen LogP contribution >= 0.6 is 11.6 Å². The first-order valence-electron chi connectivity index (χ1n) is 3.82. The van der Waals surface area contributed by atoms with E-state index in [-0.39, 0.29) is 0 Å². The van der Waals surface area contributed by atoms with E-state index in [1.54, 1.807) is 25.1 Å². The van der Waals surface area contributed by atoms with Crippen molar-refractivity contribution < 1.29 is 8.78 Å². The van der Waals surface area contributed by atoms with E-state index in [4.69, 9.17) is 17.3 Å². The van der Waals surface area contributed by atoms with Gasteiger partial charge in [0, 0.05) is 5.02 Å². The molecule has 0 aliphatic heterocycles. The summed E-state index contributed by atoms with van der Waals surface area (Å²) >= 11 is 5.72. The highest BCUT2D eigenvalue weighted by molar-refractivity contribution is 6.31. The minimum absolute atomic E-state index is 0.290. The van der Waals surface area contributed by atoms with Crippen molar-refractivity contribution in [2.24, 2.45) is 5.73 Å². The molecule has 1 atom stereocenters. The maximum absolute atomic E-state index is 12.2. The van der Waals surface area contributed by atoms with Gasteiger partial charge in [-0.25, -0.2) is 8.78 Å². The van der Waals surface area contributed by atoms with Gasteiger partial charge in [-0.3, -0.25) is 0 Å². The topological polar surface area (TPSA) is 26.0 Å². The molecule has 0 fully saturated rings. The van der Waals surface area contributed by atoms with Crippen molar-refractivity contribution in [3.63, 3.8) is 0 Å². The molecule has 1 rings (SSSR count). The van der Waals surface area contributed by atoms with E-state index < -0.39 is 12.5 Å². The summed E-state index contributed by atoms with van der Waals surface area (Å²) in [5, 5.41) is 0.290. The summed E-state index contributed by atoms with van der Waals surface area (Å²) < 4.78 is 24.5. The van der Waals surface area contributed by atoms with Crippen LogP contribution in [0.25, 0.3) is 0 Å². The largest absolute Gasteiger partial charge is 0.319 e. The van der Waals surface area contributed by atoms with E-state index in [0.717, 1.165) is 5.56 Å². The molecule has 0 aliphatic rings. The third-order valence-electron chi connectivity index (χ3n) is 1.78. The third-order valence-corrected chi connectivity index (χ3v) is 2.13. The fraction of sp³-hybridized carbons (Fsp3) is 0.333. The molecule has 0 aromatic heterocycles. The van der Waals surface area contributed by atoms with Gasteiger partial charge in [0.15, 0.2) is 0 Å². The van der Waals surface area contributed by atoms with Crippen LogP contribution in [0.5, 0.6) is 0 Å². The van der Waals surface area contributed by atoms with E-state index in [0.29, 0.717) is 10.6 Å². The lowest BCUT2D eigenvalue weighted by Crippen LogP contribution is -2.19. The molecule has 2 N–H and O–H groups in total. The summed E-state index contributed by atoms with van der Waals surface area (Å²) in [6.07, 6.45) is -2.58. The highest BCUT2D eigenvalue weighted by atomic mass is 35.5. The van der Waals surface area contributed by atoms with Crippen LogP contribution in [0.3, 0.4) is 0 Å². The van der Waals surface area contributed by atoms with Crippen molar-refractivity contribution in [3.05, 3.63) is 34.3 Å². The highest BCUT2D eigenvalue weighted by Crippen LogP contribution is 2.26. The van der Waals surface area contributed by atoms with E-state index in [1.165, 1.54) is 0 Å². The molecule has 1 aromatic rings. The number of alkyl halides is 2. The molecular weight excluding hydrogens is 196 g/mol. The van der Waals surface area contributed by atoms with Crippen molar-refractivity contribution in [2.75, 3.05) is 0 Å². The molecular formula is C9H10ClF2N. The average molecular weight is 206 g/mol. The molecule has 0 aliphatic carbocycles. The lowest BCUT2D eigenvalue weighted by molar-refractivity contribution is 0.116. The summed E-state index contributed by atoms with van der Waals surface area (Å²) in [4.78, 5) is 0. The predicted molar refractivity (Wildman–Crippen MR) is 49.1 cm³/mol. The number of benzene rings is 1. The molecule has 1 unspecified atom stereocenters. The average Bonchev–Trinajstić information content (AvgIpc) is 2.08. The van der Waals surface area contributed by atoms with Crippen molar-refractivity contribution >= 4 is 11.6 Å². The zero-order valence-corrected chi connectivity index (χ0v) is 7.85. The molecule has 0 amide bonds. The Morgan fingerprint density at radius 3 is 2.54 bits per heavy atom. The maximum atomic E-state index is 12.2. The fourth-order valence-electron chi connectivity index (χ4n) is 1.05. The number of hydrogen-bond donors (Lipinski definition) is 1. The van der Waals surface area contributed by atoms with E-state index >= 15 is 0 Å². The van der Waals surface area contributed by atoms with E-state index in [2.05, 4.69) is 0 Å². The Hall–Kier alpha value is -0.670. The Morgan fingerprint density at radius 1 is 1.38 bits per heavy atom. The molecule has 0 saturated heterocycles. The summed E-state index contributed by atoms with van der Waals surface area (Å²) in [7, 11) is 0. The van der Waals surface area contributed by atoms with Gasteiger partial charge < -0.3 is 5.73 Å². The molecule has 1 aromatic carbocycles. The standard InChI is InChI=1S/C9H10ClF2N/c1-5-2-3-7(10)6(4-5)8(13)9(11)12/h2-4,8-9H,13H2,1H3. The van der Waals surface area contributed by atoms with Gasteiger partial charge in [0.05, 0.1) is 6.04 Å². The van der Waals surface area contributed by atoms with Gasteiger partial charge in [0.25, 0.3) is 6.43 Å². The van der Waals surface area contributed by atoms with Gasteiger partial charge in [-0.2, -0.15) is 0 Å². The van der Waals surface area contributed by atoms with Crippen molar-refractivity contribution in [1.82, 2.24) is 0 Å². The van der Waals surface area contributed by atoms with Crippen molar-refractivity contribution in [2.45, 2.75) is 19.4 Å². The molecule has 0 spiro atoms. The Kier molecular flexibility index (Phi) is 3.22. The second-order valence-electron chi connectivity index (χ2n) is 2.89. The van der Waals surface area contributed by atoms with Gasteiger partial charge in [0.1, 0.15) is 0 Å². The van der Waals surface area contributed by atoms with Gasteiger partial charge in [-0.15, -0.1) is 0 Å². The van der Waals surface area contributed by atoms with Crippen LogP contribution in [0.15, 0.2) is 18.2 Å². The van der Waals surface area contributed by atoms with Crippen LogP contribution in [-0.2, 0) is 0 Å². The second-order valence-corrected chi connectivity index (χ2v) is 3.29. The highest BCUT2D eigenvalue weighted by Gasteiger charge is 2.19. The van der Waals surface area contributed by atoms with Gasteiger partial charge >= 0.3 is 0 Å². The van der Waals surface area contributed by atoms with Crippen LogP contribution in [0.1, 0.15) is 17.2 Å². The van der Waals surface area contributed by atoms with Crippen LogP contribution in [-0.4, -0.2) is 6.43 Å². The molecule has 1 nitrogen and oxygen atoms in total. The first-order chi connectivity index (χ1) is 6.02. The normalized spacial score (nSPS) is 13.4. The van der Waals surface area contributed by atoms with Gasteiger partial charge in [-0.1, -0.05) is 29.3 Å². The first-order valence-corrected chi connectivity index (χ1v) is 4.20. The SMILES string of the molecule is Cc1ccc(Cl)c(C(N)C(F)F)c1. The number of halogens is 3. The van der Waals surface area contributed by atoms with Crippen LogP contribution in [0.4, 0.5) is 8.78 Å². The Bertz CT molecular complexity index is 302. The second kappa shape index (κ2) is 4.03. The summed E-state index contributed by atoms with van der Waals surface area (Å²) in [6, 6.07) is 3.62. The van der Waals surface area contributed by atoms with Crippen LogP contribution < -0.4 is 5.73 Å². The minimum Gasteiger partial charge on any atom is -0.319 e. The monoisotopic (exact) mass is 205 g/mol. The maximum Gasteiger partial charge on any atom is 0.257 e. The molecule has 72 valence electrons. The molecule has 4 heteroatoms. The predicted octanol–water partition coefficient (Wildman–Crippen LogP) is 2.91. The lowest BCUT2D eigenvalue weighted by Gasteiger charge is -2.12.